The van der Waals surface area contributed by atoms with Gasteiger partial charge in [0.25, 0.3) is 17.5 Å². The number of rotatable bonds is 8. The average Bonchev–Trinajstić information content (AvgIpc) is 3.16. The number of benzene rings is 3. The smallest absolute Gasteiger partial charge is 0.280 e. The van der Waals surface area contributed by atoms with Gasteiger partial charge in [-0.15, -0.1) is 0 Å². The molecule has 3 aromatic rings. The van der Waals surface area contributed by atoms with Crippen LogP contribution in [0.5, 0.6) is 11.5 Å². The number of nitro benzene ring substituents is 1. The molecule has 1 N–H and O–H groups in total. The molecule has 0 atom stereocenters. The molecule has 0 aliphatic carbocycles. The van der Waals surface area contributed by atoms with E-state index >= 15 is 0 Å². The molecule has 0 spiro atoms. The lowest BCUT2D eigenvalue weighted by Gasteiger charge is -2.12. The molecule has 0 unspecified atom stereocenters. The summed E-state index contributed by atoms with van der Waals surface area (Å²) in [5.74, 6) is -0.0423. The summed E-state index contributed by atoms with van der Waals surface area (Å²) in [6, 6.07) is 19.8. The first-order chi connectivity index (χ1) is 17.4. The number of anilines is 2. The van der Waals surface area contributed by atoms with Crippen LogP contribution in [0.2, 0.25) is 0 Å². The van der Waals surface area contributed by atoms with Crippen LogP contribution in [0.15, 0.2) is 83.5 Å². The number of para-hydroxylation sites is 1. The van der Waals surface area contributed by atoms with E-state index in [0.29, 0.717) is 34.0 Å². The van der Waals surface area contributed by atoms with Gasteiger partial charge in [0.1, 0.15) is 0 Å². The van der Waals surface area contributed by atoms with Gasteiger partial charge in [0.15, 0.2) is 18.1 Å². The molecular formula is C26H22N4O6. The number of amides is 2. The number of carbonyl (C=O) groups excluding carboxylic acids is 2. The van der Waals surface area contributed by atoms with Crippen molar-refractivity contribution in [3.63, 3.8) is 0 Å². The van der Waals surface area contributed by atoms with Crippen LogP contribution in [0.3, 0.4) is 0 Å². The van der Waals surface area contributed by atoms with E-state index in [-0.39, 0.29) is 23.9 Å². The minimum absolute atomic E-state index is 0.131. The van der Waals surface area contributed by atoms with Gasteiger partial charge in [0, 0.05) is 17.8 Å². The van der Waals surface area contributed by atoms with Crippen molar-refractivity contribution < 1.29 is 24.0 Å². The molecule has 0 bridgehead atoms. The highest BCUT2D eigenvalue weighted by atomic mass is 16.6. The molecule has 1 aliphatic heterocycles. The van der Waals surface area contributed by atoms with Gasteiger partial charge in [-0.1, -0.05) is 30.3 Å². The molecular weight excluding hydrogens is 464 g/mol. The van der Waals surface area contributed by atoms with E-state index in [1.54, 1.807) is 37.3 Å². The van der Waals surface area contributed by atoms with Crippen molar-refractivity contribution >= 4 is 40.7 Å². The van der Waals surface area contributed by atoms with Crippen molar-refractivity contribution in [3.8, 4) is 11.5 Å². The van der Waals surface area contributed by atoms with Crippen LogP contribution in [0.25, 0.3) is 6.08 Å². The topological polar surface area (TPSA) is 123 Å². The normalized spacial score (nSPS) is 13.9. The van der Waals surface area contributed by atoms with Crippen molar-refractivity contribution in [2.75, 3.05) is 24.0 Å². The van der Waals surface area contributed by atoms with Gasteiger partial charge in [-0.3, -0.25) is 19.7 Å². The van der Waals surface area contributed by atoms with Crippen LogP contribution in [0, 0.1) is 10.1 Å². The monoisotopic (exact) mass is 486 g/mol. The average molecular weight is 486 g/mol. The molecule has 1 aliphatic rings. The summed E-state index contributed by atoms with van der Waals surface area (Å²) in [5.41, 5.74) is 2.55. The number of hydrogen-bond donors (Lipinski definition) is 1. The molecule has 1 heterocycles. The third-order valence-electron chi connectivity index (χ3n) is 5.26. The Balaban J connectivity index is 1.44. The highest BCUT2D eigenvalue weighted by Crippen LogP contribution is 2.30. The molecule has 0 saturated carbocycles. The minimum atomic E-state index is -0.542. The van der Waals surface area contributed by atoms with Crippen molar-refractivity contribution in [1.82, 2.24) is 0 Å². The number of nitrogens with one attached hydrogen (secondary N) is 1. The van der Waals surface area contributed by atoms with Gasteiger partial charge in [-0.05, 0) is 48.9 Å². The molecule has 10 nitrogen and oxygen atoms in total. The van der Waals surface area contributed by atoms with E-state index in [9.17, 15) is 19.7 Å². The Labute approximate surface area is 206 Å². The SMILES string of the molecule is COc1cc(/C=C2\C(=O)N(c3ccccc3)N=C2C)ccc1OCC(=O)Nc1cccc([N+](=O)[O-])c1. The molecule has 0 saturated heterocycles. The quantitative estimate of drug-likeness (QED) is 0.285. The Hall–Kier alpha value is -4.99. The number of methoxy groups -OCH3 is 1. The Morgan fingerprint density at radius 3 is 2.58 bits per heavy atom. The fraction of sp³-hybridized carbons (Fsp3) is 0.115. The standard InChI is InChI=1S/C26H22N4O6/c1-17-22(26(32)29(28-17)20-8-4-3-5-9-20)13-18-11-12-23(24(14-18)35-2)36-16-25(31)27-19-7-6-10-21(15-19)30(33)34/h3-15H,16H2,1-2H3,(H,27,31)/b22-13-. The van der Waals surface area contributed by atoms with E-state index in [4.69, 9.17) is 9.47 Å². The summed E-state index contributed by atoms with van der Waals surface area (Å²) in [5, 5.41) is 19.2. The lowest BCUT2D eigenvalue weighted by atomic mass is 10.1. The van der Waals surface area contributed by atoms with Crippen molar-refractivity contribution in [3.05, 3.63) is 94.0 Å². The van der Waals surface area contributed by atoms with Crippen LogP contribution in [-0.2, 0) is 9.59 Å². The molecule has 0 fully saturated rings. The number of hydrogen-bond acceptors (Lipinski definition) is 7. The first-order valence-corrected chi connectivity index (χ1v) is 10.9. The van der Waals surface area contributed by atoms with Gasteiger partial charge >= 0.3 is 0 Å². The molecule has 0 radical (unpaired) electrons. The largest absolute Gasteiger partial charge is 0.493 e. The van der Waals surface area contributed by atoms with Crippen molar-refractivity contribution in [2.45, 2.75) is 6.92 Å². The Kier molecular flexibility index (Phi) is 7.05. The molecule has 3 aromatic carbocycles. The summed E-state index contributed by atoms with van der Waals surface area (Å²) < 4.78 is 11.0. The zero-order valence-electron chi connectivity index (χ0n) is 19.5. The van der Waals surface area contributed by atoms with Crippen LogP contribution in [-0.4, -0.2) is 36.2 Å². The lowest BCUT2D eigenvalue weighted by Crippen LogP contribution is -2.21. The Morgan fingerprint density at radius 1 is 1.08 bits per heavy atom. The van der Waals surface area contributed by atoms with Crippen LogP contribution in [0.4, 0.5) is 17.1 Å². The van der Waals surface area contributed by atoms with Crippen molar-refractivity contribution in [1.29, 1.82) is 0 Å². The van der Waals surface area contributed by atoms with E-state index < -0.39 is 10.8 Å². The highest BCUT2D eigenvalue weighted by molar-refractivity contribution is 6.32. The summed E-state index contributed by atoms with van der Waals surface area (Å²) in [6.45, 7) is 1.43. The molecule has 4 rings (SSSR count). The van der Waals surface area contributed by atoms with Gasteiger partial charge in [-0.25, -0.2) is 0 Å². The first-order valence-electron chi connectivity index (χ1n) is 10.9. The van der Waals surface area contributed by atoms with Gasteiger partial charge in [0.05, 0.1) is 29.0 Å². The highest BCUT2D eigenvalue weighted by Gasteiger charge is 2.28. The maximum Gasteiger partial charge on any atom is 0.280 e. The molecule has 182 valence electrons. The second-order valence-electron chi connectivity index (χ2n) is 7.75. The van der Waals surface area contributed by atoms with E-state index in [0.717, 1.165) is 0 Å². The van der Waals surface area contributed by atoms with Gasteiger partial charge < -0.3 is 14.8 Å². The fourth-order valence-corrected chi connectivity index (χ4v) is 3.53. The van der Waals surface area contributed by atoms with E-state index in [2.05, 4.69) is 10.4 Å². The van der Waals surface area contributed by atoms with E-state index in [1.165, 1.54) is 30.3 Å². The number of hydrazone groups is 1. The fourth-order valence-electron chi connectivity index (χ4n) is 3.53. The maximum atomic E-state index is 12.9. The zero-order chi connectivity index (χ0) is 25.7. The summed E-state index contributed by atoms with van der Waals surface area (Å²) in [4.78, 5) is 35.6. The summed E-state index contributed by atoms with van der Waals surface area (Å²) >= 11 is 0. The number of non-ortho nitro benzene ring substituents is 1. The van der Waals surface area contributed by atoms with Crippen LogP contribution < -0.4 is 19.8 Å². The van der Waals surface area contributed by atoms with Crippen LogP contribution in [0.1, 0.15) is 12.5 Å². The second kappa shape index (κ2) is 10.5. The van der Waals surface area contributed by atoms with Gasteiger partial charge in [0.2, 0.25) is 0 Å². The molecule has 2 amide bonds. The Bertz CT molecular complexity index is 1380. The second-order valence-corrected chi connectivity index (χ2v) is 7.75. The number of nitrogens with zero attached hydrogens (tertiary/aromatic N) is 3. The molecule has 10 heteroatoms. The minimum Gasteiger partial charge on any atom is -0.493 e. The molecule has 0 aromatic heterocycles. The summed E-state index contributed by atoms with van der Waals surface area (Å²) in [6.07, 6.45) is 1.71. The first kappa shape index (κ1) is 24.1. The molecule has 36 heavy (non-hydrogen) atoms. The van der Waals surface area contributed by atoms with Gasteiger partial charge in [-0.2, -0.15) is 10.1 Å². The number of nitro groups is 1. The predicted octanol–water partition coefficient (Wildman–Crippen LogP) is 4.43. The maximum absolute atomic E-state index is 12.9. The van der Waals surface area contributed by atoms with E-state index in [1.807, 2.05) is 30.3 Å². The van der Waals surface area contributed by atoms with Crippen molar-refractivity contribution in [2.24, 2.45) is 5.10 Å². The number of ether oxygens (including phenoxy) is 2. The zero-order valence-corrected chi connectivity index (χ0v) is 19.5. The lowest BCUT2D eigenvalue weighted by molar-refractivity contribution is -0.384. The third kappa shape index (κ3) is 5.39. The summed E-state index contributed by atoms with van der Waals surface area (Å²) in [7, 11) is 1.47. The van der Waals surface area contributed by atoms with Crippen LogP contribution >= 0.6 is 0 Å². The Morgan fingerprint density at radius 2 is 1.86 bits per heavy atom. The number of carbonyl (C=O) groups is 2. The third-order valence-corrected chi connectivity index (χ3v) is 5.26. The predicted molar refractivity (Wildman–Crippen MR) is 135 cm³/mol.